The topological polar surface area (TPSA) is 69.0 Å². The fraction of sp³-hybridized carbons (Fsp3) is 0.500. The second-order valence-corrected chi connectivity index (χ2v) is 4.17. The first-order valence-corrected chi connectivity index (χ1v) is 5.29. The number of piperidine rings is 1. The van der Waals surface area contributed by atoms with Crippen molar-refractivity contribution < 1.29 is 26.2 Å². The fourth-order valence-electron chi connectivity index (χ4n) is 1.98. The molecule has 1 saturated heterocycles. The van der Waals surface area contributed by atoms with Crippen molar-refractivity contribution in [2.24, 2.45) is 0 Å². The molecule has 1 fully saturated rings. The van der Waals surface area contributed by atoms with Gasteiger partial charge < -0.3 is 28.6 Å². The van der Waals surface area contributed by atoms with Crippen LogP contribution in [0.3, 0.4) is 0 Å². The molecule has 2 heterocycles. The van der Waals surface area contributed by atoms with Gasteiger partial charge in [-0.2, -0.15) is 0 Å². The third-order valence-corrected chi connectivity index (χ3v) is 2.85. The van der Waals surface area contributed by atoms with Crippen LogP contribution in [0.25, 0.3) is 5.73 Å². The molecule has 0 atom stereocenters. The van der Waals surface area contributed by atoms with Crippen molar-refractivity contribution in [1.82, 2.24) is 10.3 Å². The zero-order chi connectivity index (χ0) is 10.7. The predicted molar refractivity (Wildman–Crippen MR) is 65.4 cm³/mol. The van der Waals surface area contributed by atoms with Crippen molar-refractivity contribution in [1.29, 1.82) is 0 Å². The summed E-state index contributed by atoms with van der Waals surface area (Å²) in [4.78, 5) is 4.10. The Hall–Kier alpha value is -0.442. The van der Waals surface area contributed by atoms with Gasteiger partial charge in [0.1, 0.15) is 0 Å². The molecular weight excluding hydrogens is 386 g/mol. The van der Waals surface area contributed by atoms with Gasteiger partial charge in [-0.3, -0.25) is 0 Å². The van der Waals surface area contributed by atoms with Gasteiger partial charge in [-0.25, -0.2) is 0 Å². The van der Waals surface area contributed by atoms with E-state index in [9.17, 15) is 5.11 Å². The molecule has 0 aromatic carbocycles. The summed E-state index contributed by atoms with van der Waals surface area (Å²) >= 11 is 0. The normalized spacial score (nSPS) is 17.7. The Morgan fingerprint density at radius 2 is 2.00 bits per heavy atom. The molecule has 0 spiro atoms. The number of hydrogen-bond donors (Lipinski definition) is 2. The van der Waals surface area contributed by atoms with E-state index in [1.54, 1.807) is 6.07 Å². The summed E-state index contributed by atoms with van der Waals surface area (Å²) in [6.45, 7) is 1.72. The van der Waals surface area contributed by atoms with Gasteiger partial charge in [-0.1, -0.05) is 29.7 Å². The first-order chi connectivity index (χ1) is 7.18. The van der Waals surface area contributed by atoms with Gasteiger partial charge in [0.25, 0.3) is 0 Å². The first kappa shape index (κ1) is 16.6. The second kappa shape index (κ2) is 7.10. The number of hydrogen-bond acceptors (Lipinski definition) is 3. The monoisotopic (exact) mass is 405 g/mol. The van der Waals surface area contributed by atoms with E-state index in [4.69, 9.17) is 5.73 Å². The summed E-state index contributed by atoms with van der Waals surface area (Å²) < 4.78 is 0. The fourth-order valence-corrected chi connectivity index (χ4v) is 1.98. The maximum absolute atomic E-state index is 10.3. The van der Waals surface area contributed by atoms with E-state index in [1.807, 2.05) is 12.1 Å². The molecule has 0 bridgehead atoms. The molecule has 94 valence electrons. The molecule has 0 aliphatic carbocycles. The third kappa shape index (κ3) is 4.74. The van der Waals surface area contributed by atoms with E-state index in [0.29, 0.717) is 6.42 Å². The van der Waals surface area contributed by atoms with Crippen molar-refractivity contribution in [2.75, 3.05) is 13.1 Å². The number of nitrogens with zero attached hydrogens (tertiary/aromatic N) is 1. The molecule has 1 aromatic rings. The smallest absolute Gasteiger partial charge is 0.482 e. The summed E-state index contributed by atoms with van der Waals surface area (Å²) in [5, 5.41) is 13.5. The molecule has 5 heteroatoms. The molecule has 1 aromatic heterocycles. The summed E-state index contributed by atoms with van der Waals surface area (Å²) in [5.41, 5.74) is 7.59. The van der Waals surface area contributed by atoms with Crippen LogP contribution in [0.15, 0.2) is 18.2 Å². The van der Waals surface area contributed by atoms with Crippen molar-refractivity contribution in [3.8, 4) is 0 Å². The molecule has 1 aliphatic heterocycles. The maximum atomic E-state index is 10.3. The molecular formula is C12H19N3OW. The van der Waals surface area contributed by atoms with E-state index >= 15 is 0 Å². The van der Waals surface area contributed by atoms with E-state index in [1.165, 1.54) is 0 Å². The minimum absolute atomic E-state index is 0. The Morgan fingerprint density at radius 1 is 1.35 bits per heavy atom. The zero-order valence-electron chi connectivity index (χ0n) is 10.1. The molecule has 2 rings (SSSR count). The van der Waals surface area contributed by atoms with Gasteiger partial charge in [0.2, 0.25) is 0 Å². The summed E-state index contributed by atoms with van der Waals surface area (Å²) in [6, 6.07) is 5.34. The maximum Gasteiger partial charge on any atom is 2.00 e. The molecule has 3 N–H and O–H groups in total. The number of pyridine rings is 1. The van der Waals surface area contributed by atoms with Crippen LogP contribution in [0, 0.1) is 7.43 Å². The summed E-state index contributed by atoms with van der Waals surface area (Å²) in [5.74, 6) is 0.269. The van der Waals surface area contributed by atoms with Gasteiger partial charge in [-0.15, -0.1) is 0 Å². The summed E-state index contributed by atoms with van der Waals surface area (Å²) in [7, 11) is 0. The SMILES string of the molecule is [CH3-].[NH-]c1cccc(CC2(O)CCNCC2)n1.[W+2]. The number of aliphatic hydroxyl groups is 1. The van der Waals surface area contributed by atoms with Crippen LogP contribution in [-0.4, -0.2) is 28.8 Å². The van der Waals surface area contributed by atoms with Crippen molar-refractivity contribution >= 4 is 5.82 Å². The van der Waals surface area contributed by atoms with Gasteiger partial charge in [-0.05, 0) is 32.4 Å². The van der Waals surface area contributed by atoms with Gasteiger partial charge in [0.05, 0.1) is 5.60 Å². The Kier molecular flexibility index (Phi) is 6.91. The average Bonchev–Trinajstić information content (AvgIpc) is 2.18. The van der Waals surface area contributed by atoms with Crippen LogP contribution in [0.1, 0.15) is 18.5 Å². The van der Waals surface area contributed by atoms with E-state index in [0.717, 1.165) is 31.6 Å². The Balaban J connectivity index is 0.00000128. The molecule has 1 aliphatic rings. The molecule has 0 radical (unpaired) electrons. The van der Waals surface area contributed by atoms with E-state index in [-0.39, 0.29) is 34.3 Å². The van der Waals surface area contributed by atoms with Crippen LogP contribution in [0.2, 0.25) is 0 Å². The molecule has 17 heavy (non-hydrogen) atoms. The predicted octanol–water partition coefficient (Wildman–Crippen LogP) is 1.87. The number of aromatic nitrogens is 1. The average molecular weight is 405 g/mol. The molecule has 0 saturated carbocycles. The largest absolute Gasteiger partial charge is 2.00 e. The standard InChI is InChI=1S/C11H16N3O.CH3.W/c12-10-3-1-2-9(14-10)8-11(15)4-6-13-7-5-11;;/h1-3,13,15H,4-8H2,(H-,12,14);1H3;/q2*-1;+2. The second-order valence-electron chi connectivity index (χ2n) is 4.17. The van der Waals surface area contributed by atoms with Crippen molar-refractivity contribution in [3.63, 3.8) is 0 Å². The van der Waals surface area contributed by atoms with Crippen LogP contribution in [-0.2, 0) is 27.5 Å². The molecule has 0 unspecified atom stereocenters. The van der Waals surface area contributed by atoms with Crippen molar-refractivity contribution in [2.45, 2.75) is 24.9 Å². The quantitative estimate of drug-likeness (QED) is 0.739. The van der Waals surface area contributed by atoms with Crippen LogP contribution in [0.4, 0.5) is 5.82 Å². The summed E-state index contributed by atoms with van der Waals surface area (Å²) in [6.07, 6.45) is 2.08. The molecule has 4 nitrogen and oxygen atoms in total. The van der Waals surface area contributed by atoms with Crippen LogP contribution < -0.4 is 5.32 Å². The van der Waals surface area contributed by atoms with E-state index < -0.39 is 5.60 Å². The van der Waals surface area contributed by atoms with Crippen LogP contribution in [0.5, 0.6) is 0 Å². The minimum atomic E-state index is -0.633. The Bertz CT molecular complexity index is 340. The Morgan fingerprint density at radius 3 is 2.59 bits per heavy atom. The Labute approximate surface area is 117 Å². The number of nitrogens with one attached hydrogen (secondary N) is 2. The van der Waals surface area contributed by atoms with E-state index in [2.05, 4.69) is 10.3 Å². The van der Waals surface area contributed by atoms with Gasteiger partial charge >= 0.3 is 21.1 Å². The van der Waals surface area contributed by atoms with Crippen molar-refractivity contribution in [3.05, 3.63) is 37.1 Å². The third-order valence-electron chi connectivity index (χ3n) is 2.85. The first-order valence-electron chi connectivity index (χ1n) is 5.29. The van der Waals surface area contributed by atoms with Gasteiger partial charge in [0, 0.05) is 0 Å². The van der Waals surface area contributed by atoms with Crippen LogP contribution >= 0.6 is 0 Å². The van der Waals surface area contributed by atoms with Gasteiger partial charge in [0.15, 0.2) is 0 Å². The molecule has 0 amide bonds. The zero-order valence-corrected chi connectivity index (χ0v) is 13.0. The number of rotatable bonds is 2. The minimum Gasteiger partial charge on any atom is -0.482 e.